The minimum atomic E-state index is -0.405. The van der Waals surface area contributed by atoms with Crippen molar-refractivity contribution >= 4 is 16.6 Å². The Bertz CT molecular complexity index is 950. The lowest BCUT2D eigenvalue weighted by Crippen LogP contribution is -3.09. The molecule has 25 heavy (non-hydrogen) atoms. The molecule has 7 heteroatoms. The van der Waals surface area contributed by atoms with E-state index in [-0.39, 0.29) is 11.2 Å². The first-order valence-electron chi connectivity index (χ1n) is 8.11. The number of hydrogen-bond donors (Lipinski definition) is 2. The number of benzene rings is 2. The largest absolute Gasteiger partial charge is 0.325 e. The number of nitrogens with zero attached hydrogens (tertiary/aromatic N) is 2. The normalized spacial score (nSPS) is 12.2. The van der Waals surface area contributed by atoms with Crippen LogP contribution in [0, 0.1) is 10.1 Å². The van der Waals surface area contributed by atoms with Gasteiger partial charge in [-0.1, -0.05) is 12.1 Å². The summed E-state index contributed by atoms with van der Waals surface area (Å²) in [7, 11) is 0. The molecule has 2 N–H and O–H groups in total. The van der Waals surface area contributed by atoms with Gasteiger partial charge in [-0.2, -0.15) is 0 Å². The summed E-state index contributed by atoms with van der Waals surface area (Å²) < 4.78 is 0. The fourth-order valence-corrected chi connectivity index (χ4v) is 2.79. The molecule has 0 spiro atoms. The van der Waals surface area contributed by atoms with E-state index in [1.165, 1.54) is 17.0 Å². The summed E-state index contributed by atoms with van der Waals surface area (Å²) in [6.45, 7) is 4.17. The zero-order valence-corrected chi connectivity index (χ0v) is 13.9. The second kappa shape index (κ2) is 7.23. The minimum absolute atomic E-state index is 0.0855. The number of rotatable bonds is 6. The number of nitro groups is 1. The van der Waals surface area contributed by atoms with Gasteiger partial charge in [0, 0.05) is 17.7 Å². The van der Waals surface area contributed by atoms with Crippen molar-refractivity contribution in [3.8, 4) is 0 Å². The molecule has 3 aromatic rings. The van der Waals surface area contributed by atoms with Crippen molar-refractivity contribution in [2.75, 3.05) is 6.54 Å². The van der Waals surface area contributed by atoms with Gasteiger partial charge in [-0.3, -0.25) is 14.9 Å². The molecule has 0 saturated heterocycles. The summed E-state index contributed by atoms with van der Waals surface area (Å²) in [4.78, 5) is 31.1. The molecule has 128 valence electrons. The van der Waals surface area contributed by atoms with E-state index < -0.39 is 4.92 Å². The van der Waals surface area contributed by atoms with Gasteiger partial charge in [-0.25, -0.2) is 4.98 Å². The Hall–Kier alpha value is -3.06. The van der Waals surface area contributed by atoms with Crippen molar-refractivity contribution in [3.63, 3.8) is 0 Å². The molecule has 0 radical (unpaired) electrons. The van der Waals surface area contributed by atoms with E-state index in [2.05, 4.69) is 16.9 Å². The molecule has 1 unspecified atom stereocenters. The Morgan fingerprint density at radius 1 is 1.12 bits per heavy atom. The highest BCUT2D eigenvalue weighted by atomic mass is 16.6. The van der Waals surface area contributed by atoms with E-state index in [1.54, 1.807) is 18.2 Å². The number of fused-ring (bicyclic) bond motifs is 1. The van der Waals surface area contributed by atoms with Crippen LogP contribution in [-0.4, -0.2) is 21.4 Å². The molecule has 7 nitrogen and oxygen atoms in total. The van der Waals surface area contributed by atoms with Gasteiger partial charge in [-0.05, 0) is 31.2 Å². The van der Waals surface area contributed by atoms with Gasteiger partial charge < -0.3 is 9.88 Å². The third kappa shape index (κ3) is 3.89. The SMILES string of the molecule is CC[NH+](Cc1ccc([N+](=O)[O-])cc1)Cc1nc2ccccc2c(=O)[nH]1. The molecule has 1 aromatic heterocycles. The van der Waals surface area contributed by atoms with Gasteiger partial charge in [0.1, 0.15) is 13.1 Å². The van der Waals surface area contributed by atoms with Crippen molar-refractivity contribution in [3.05, 3.63) is 80.4 Å². The molecule has 0 saturated carbocycles. The predicted molar refractivity (Wildman–Crippen MR) is 94.4 cm³/mol. The van der Waals surface area contributed by atoms with Crippen LogP contribution < -0.4 is 10.5 Å². The first kappa shape index (κ1) is 16.8. The number of aromatic amines is 1. The van der Waals surface area contributed by atoms with E-state index in [1.807, 2.05) is 18.2 Å². The highest BCUT2D eigenvalue weighted by Crippen LogP contribution is 2.11. The number of H-pyrrole nitrogens is 1. The van der Waals surface area contributed by atoms with Gasteiger partial charge >= 0.3 is 0 Å². The Morgan fingerprint density at radius 3 is 2.52 bits per heavy atom. The van der Waals surface area contributed by atoms with Crippen LogP contribution in [0.25, 0.3) is 10.9 Å². The van der Waals surface area contributed by atoms with Gasteiger partial charge in [0.2, 0.25) is 0 Å². The molecule has 3 rings (SSSR count). The molecule has 1 heterocycles. The summed E-state index contributed by atoms with van der Waals surface area (Å²) in [6, 6.07) is 13.8. The summed E-state index contributed by atoms with van der Waals surface area (Å²) in [6.07, 6.45) is 0. The third-order valence-corrected chi connectivity index (χ3v) is 4.18. The van der Waals surface area contributed by atoms with Crippen LogP contribution in [0.3, 0.4) is 0 Å². The maximum absolute atomic E-state index is 12.2. The van der Waals surface area contributed by atoms with Crippen molar-refractivity contribution in [1.29, 1.82) is 0 Å². The monoisotopic (exact) mass is 339 g/mol. The van der Waals surface area contributed by atoms with Crippen LogP contribution >= 0.6 is 0 Å². The quantitative estimate of drug-likeness (QED) is 0.525. The second-order valence-electron chi connectivity index (χ2n) is 5.91. The van der Waals surface area contributed by atoms with Crippen molar-refractivity contribution < 1.29 is 9.82 Å². The van der Waals surface area contributed by atoms with Crippen LogP contribution in [0.1, 0.15) is 18.3 Å². The topological polar surface area (TPSA) is 93.3 Å². The Labute approximate surface area is 144 Å². The Morgan fingerprint density at radius 2 is 1.84 bits per heavy atom. The third-order valence-electron chi connectivity index (χ3n) is 4.18. The summed E-state index contributed by atoms with van der Waals surface area (Å²) in [5.74, 6) is 0.641. The van der Waals surface area contributed by atoms with Crippen molar-refractivity contribution in [1.82, 2.24) is 9.97 Å². The van der Waals surface area contributed by atoms with Crippen LogP contribution in [0.15, 0.2) is 53.3 Å². The molecule has 0 fully saturated rings. The molecule has 0 amide bonds. The fourth-order valence-electron chi connectivity index (χ4n) is 2.79. The molecule has 0 aliphatic carbocycles. The molecule has 0 bridgehead atoms. The number of para-hydroxylation sites is 1. The maximum atomic E-state index is 12.2. The van der Waals surface area contributed by atoms with Gasteiger partial charge in [0.05, 0.1) is 22.4 Å². The number of nitrogens with one attached hydrogen (secondary N) is 2. The lowest BCUT2D eigenvalue weighted by molar-refractivity contribution is -0.926. The van der Waals surface area contributed by atoms with Crippen LogP contribution in [-0.2, 0) is 13.1 Å². The van der Waals surface area contributed by atoms with Gasteiger partial charge in [0.25, 0.3) is 11.2 Å². The van der Waals surface area contributed by atoms with Crippen molar-refractivity contribution in [2.45, 2.75) is 20.0 Å². The average Bonchev–Trinajstić information content (AvgIpc) is 2.61. The first-order chi connectivity index (χ1) is 12.1. The Balaban J connectivity index is 1.78. The van der Waals surface area contributed by atoms with E-state index in [4.69, 9.17) is 0 Å². The lowest BCUT2D eigenvalue weighted by atomic mass is 10.2. The second-order valence-corrected chi connectivity index (χ2v) is 5.91. The van der Waals surface area contributed by atoms with E-state index in [0.29, 0.717) is 29.8 Å². The highest BCUT2D eigenvalue weighted by molar-refractivity contribution is 5.77. The lowest BCUT2D eigenvalue weighted by Gasteiger charge is -2.17. The predicted octanol–water partition coefficient (Wildman–Crippen LogP) is 1.44. The van der Waals surface area contributed by atoms with E-state index >= 15 is 0 Å². The Kier molecular flexibility index (Phi) is 4.85. The van der Waals surface area contributed by atoms with Gasteiger partial charge in [-0.15, -0.1) is 0 Å². The zero-order chi connectivity index (χ0) is 17.8. The van der Waals surface area contributed by atoms with Crippen LogP contribution in [0.2, 0.25) is 0 Å². The summed E-state index contributed by atoms with van der Waals surface area (Å²) in [5, 5.41) is 11.3. The summed E-state index contributed by atoms with van der Waals surface area (Å²) in [5.41, 5.74) is 1.64. The molecule has 0 aliphatic rings. The number of aromatic nitrogens is 2. The van der Waals surface area contributed by atoms with E-state index in [9.17, 15) is 14.9 Å². The average molecular weight is 339 g/mol. The number of quaternary nitrogens is 1. The molecular weight excluding hydrogens is 320 g/mol. The van der Waals surface area contributed by atoms with Crippen LogP contribution in [0.4, 0.5) is 5.69 Å². The van der Waals surface area contributed by atoms with E-state index in [0.717, 1.165) is 12.1 Å². The minimum Gasteiger partial charge on any atom is -0.325 e. The van der Waals surface area contributed by atoms with Gasteiger partial charge in [0.15, 0.2) is 5.82 Å². The number of non-ortho nitro benzene ring substituents is 1. The standard InChI is InChI=1S/C18H18N4O3/c1-2-21(11-13-7-9-14(10-8-13)22(24)25)12-17-19-16-6-4-3-5-15(16)18(23)20-17/h3-10H,2,11-12H2,1H3,(H,19,20,23)/p+1. The molecule has 2 aromatic carbocycles. The van der Waals surface area contributed by atoms with Crippen molar-refractivity contribution in [2.24, 2.45) is 0 Å². The molecule has 0 aliphatic heterocycles. The highest BCUT2D eigenvalue weighted by Gasteiger charge is 2.13. The zero-order valence-electron chi connectivity index (χ0n) is 13.9. The molecule has 1 atom stereocenters. The maximum Gasteiger partial charge on any atom is 0.269 e. The number of hydrogen-bond acceptors (Lipinski definition) is 4. The summed E-state index contributed by atoms with van der Waals surface area (Å²) >= 11 is 0. The first-order valence-corrected chi connectivity index (χ1v) is 8.11. The smallest absolute Gasteiger partial charge is 0.269 e. The van der Waals surface area contributed by atoms with Crippen LogP contribution in [0.5, 0.6) is 0 Å². The molecular formula is C18H19N4O3+. The number of nitro benzene ring substituents is 1. The fraction of sp³-hybridized carbons (Fsp3) is 0.222.